The summed E-state index contributed by atoms with van der Waals surface area (Å²) < 4.78 is 0. The van der Waals surface area contributed by atoms with E-state index in [1.807, 2.05) is 12.1 Å². The maximum absolute atomic E-state index is 5.96. The van der Waals surface area contributed by atoms with Gasteiger partial charge >= 0.3 is 0 Å². The monoisotopic (exact) mass is 317 g/mol. The molecule has 5 heteroatoms. The van der Waals surface area contributed by atoms with Crippen molar-refractivity contribution in [2.24, 2.45) is 11.8 Å². The van der Waals surface area contributed by atoms with E-state index in [4.69, 9.17) is 11.6 Å². The van der Waals surface area contributed by atoms with E-state index in [0.717, 1.165) is 18.1 Å². The number of hydrogen-bond donors (Lipinski definition) is 3. The summed E-state index contributed by atoms with van der Waals surface area (Å²) >= 11 is 5.96. The van der Waals surface area contributed by atoms with Gasteiger partial charge in [0.15, 0.2) is 0 Å². The summed E-state index contributed by atoms with van der Waals surface area (Å²) in [7, 11) is 0. The van der Waals surface area contributed by atoms with Crippen LogP contribution in [0.5, 0.6) is 0 Å². The van der Waals surface area contributed by atoms with Gasteiger partial charge in [-0.15, -0.1) is 12.4 Å². The zero-order valence-electron chi connectivity index (χ0n) is 12.3. The van der Waals surface area contributed by atoms with Crippen LogP contribution in [-0.4, -0.2) is 19.1 Å². The molecule has 1 saturated heterocycles. The van der Waals surface area contributed by atoms with Gasteiger partial charge in [-0.05, 0) is 30.5 Å². The van der Waals surface area contributed by atoms with Crippen molar-refractivity contribution >= 4 is 24.0 Å². The minimum Gasteiger partial charge on any atom is -0.309 e. The highest BCUT2D eigenvalue weighted by atomic mass is 35.5. The number of halogens is 2. The first-order valence-corrected chi connectivity index (χ1v) is 7.43. The lowest BCUT2D eigenvalue weighted by molar-refractivity contribution is 0.363. The first kappa shape index (κ1) is 17.7. The Labute approximate surface area is 133 Å². The molecule has 1 aromatic carbocycles. The molecule has 0 saturated carbocycles. The summed E-state index contributed by atoms with van der Waals surface area (Å²) in [6.45, 7) is 8.77. The Morgan fingerprint density at radius 2 is 1.95 bits per heavy atom. The molecule has 1 fully saturated rings. The Kier molecular flexibility index (Phi) is 7.27. The molecule has 2 rings (SSSR count). The molecule has 0 bridgehead atoms. The van der Waals surface area contributed by atoms with Crippen molar-refractivity contribution in [2.75, 3.05) is 13.1 Å². The number of hydrogen-bond acceptors (Lipinski definition) is 3. The summed E-state index contributed by atoms with van der Waals surface area (Å²) in [5.74, 6) is 1.19. The Bertz CT molecular complexity index is 395. The molecule has 0 aliphatic carbocycles. The maximum Gasteiger partial charge on any atom is 0.0406 e. The summed E-state index contributed by atoms with van der Waals surface area (Å²) in [4.78, 5) is 0. The van der Waals surface area contributed by atoms with Crippen LogP contribution in [0.2, 0.25) is 5.02 Å². The largest absolute Gasteiger partial charge is 0.309 e. The fourth-order valence-corrected chi connectivity index (χ4v) is 2.71. The molecule has 1 heterocycles. The lowest BCUT2D eigenvalue weighted by Gasteiger charge is -2.25. The predicted molar refractivity (Wildman–Crippen MR) is 88.4 cm³/mol. The fraction of sp³-hybridized carbons (Fsp3) is 0.600. The van der Waals surface area contributed by atoms with Crippen molar-refractivity contribution in [2.45, 2.75) is 32.9 Å². The molecule has 3 unspecified atom stereocenters. The summed E-state index contributed by atoms with van der Waals surface area (Å²) in [5.41, 5.74) is 7.79. The van der Waals surface area contributed by atoms with E-state index >= 15 is 0 Å². The molecule has 1 aliphatic heterocycles. The minimum absolute atomic E-state index is 0. The molecule has 0 radical (unpaired) electrons. The van der Waals surface area contributed by atoms with Crippen molar-refractivity contribution in [1.29, 1.82) is 0 Å². The second kappa shape index (κ2) is 8.20. The average molecular weight is 318 g/mol. The van der Waals surface area contributed by atoms with Crippen LogP contribution in [-0.2, 0) is 0 Å². The van der Waals surface area contributed by atoms with Crippen molar-refractivity contribution in [1.82, 2.24) is 16.2 Å². The zero-order valence-corrected chi connectivity index (χ0v) is 13.9. The van der Waals surface area contributed by atoms with Crippen molar-refractivity contribution in [3.8, 4) is 0 Å². The van der Waals surface area contributed by atoms with E-state index in [9.17, 15) is 0 Å². The van der Waals surface area contributed by atoms with Crippen LogP contribution in [0.4, 0.5) is 0 Å². The molecule has 3 atom stereocenters. The van der Waals surface area contributed by atoms with Crippen LogP contribution in [0, 0.1) is 11.8 Å². The molecular weight excluding hydrogens is 293 g/mol. The van der Waals surface area contributed by atoms with Gasteiger partial charge in [0.05, 0.1) is 0 Å². The van der Waals surface area contributed by atoms with Gasteiger partial charge in [-0.1, -0.05) is 37.6 Å². The highest BCUT2D eigenvalue weighted by Gasteiger charge is 2.24. The molecule has 0 amide bonds. The van der Waals surface area contributed by atoms with Gasteiger partial charge in [0.25, 0.3) is 0 Å². The Balaban J connectivity index is 0.00000200. The number of hydrazine groups is 1. The topological polar surface area (TPSA) is 36.1 Å². The van der Waals surface area contributed by atoms with Gasteiger partial charge in [-0.2, -0.15) is 0 Å². The van der Waals surface area contributed by atoms with E-state index in [-0.39, 0.29) is 12.4 Å². The third-order valence-electron chi connectivity index (χ3n) is 3.90. The summed E-state index contributed by atoms with van der Waals surface area (Å²) in [6.07, 6.45) is 0. The third-order valence-corrected chi connectivity index (χ3v) is 4.15. The van der Waals surface area contributed by atoms with Crippen LogP contribution in [0.15, 0.2) is 24.3 Å². The number of nitrogens with one attached hydrogen (secondary N) is 3. The van der Waals surface area contributed by atoms with Crippen molar-refractivity contribution in [3.05, 3.63) is 34.9 Å². The SMILES string of the molecule is CC(C)C(NCC1CNNC1C)c1ccc(Cl)cc1.Cl. The molecule has 1 aliphatic rings. The van der Waals surface area contributed by atoms with Gasteiger partial charge in [0.1, 0.15) is 0 Å². The lowest BCUT2D eigenvalue weighted by atomic mass is 9.94. The second-order valence-electron chi connectivity index (χ2n) is 5.76. The van der Waals surface area contributed by atoms with Gasteiger partial charge in [-0.25, -0.2) is 0 Å². The van der Waals surface area contributed by atoms with E-state index in [0.29, 0.717) is 23.9 Å². The second-order valence-corrected chi connectivity index (χ2v) is 6.19. The molecule has 0 aromatic heterocycles. The molecule has 3 nitrogen and oxygen atoms in total. The first-order chi connectivity index (χ1) is 9.08. The summed E-state index contributed by atoms with van der Waals surface area (Å²) in [5, 5.41) is 4.50. The molecule has 1 aromatic rings. The molecule has 20 heavy (non-hydrogen) atoms. The lowest BCUT2D eigenvalue weighted by Crippen LogP contribution is -2.35. The maximum atomic E-state index is 5.96. The zero-order chi connectivity index (χ0) is 13.8. The van der Waals surface area contributed by atoms with Crippen LogP contribution >= 0.6 is 24.0 Å². The van der Waals surface area contributed by atoms with E-state index < -0.39 is 0 Å². The van der Waals surface area contributed by atoms with Crippen molar-refractivity contribution < 1.29 is 0 Å². The van der Waals surface area contributed by atoms with Crippen LogP contribution in [0.25, 0.3) is 0 Å². The smallest absolute Gasteiger partial charge is 0.0406 e. The van der Waals surface area contributed by atoms with E-state index in [1.165, 1.54) is 5.56 Å². The first-order valence-electron chi connectivity index (χ1n) is 7.05. The Hall–Kier alpha value is -0.320. The van der Waals surface area contributed by atoms with Crippen LogP contribution < -0.4 is 16.2 Å². The molecular formula is C15H25Cl2N3. The highest BCUT2D eigenvalue weighted by molar-refractivity contribution is 6.30. The predicted octanol–water partition coefficient (Wildman–Crippen LogP) is 3.16. The number of benzene rings is 1. The Morgan fingerprint density at radius 3 is 2.45 bits per heavy atom. The van der Waals surface area contributed by atoms with Gasteiger partial charge in [0, 0.05) is 36.1 Å². The van der Waals surface area contributed by atoms with Crippen molar-refractivity contribution in [3.63, 3.8) is 0 Å². The van der Waals surface area contributed by atoms with E-state index in [2.05, 4.69) is 49.1 Å². The molecule has 114 valence electrons. The number of rotatable bonds is 5. The van der Waals surface area contributed by atoms with Gasteiger partial charge in [0.2, 0.25) is 0 Å². The minimum atomic E-state index is 0. The van der Waals surface area contributed by atoms with Gasteiger partial charge in [-0.3, -0.25) is 10.9 Å². The quantitative estimate of drug-likeness (QED) is 0.780. The molecule has 0 spiro atoms. The standard InChI is InChI=1S/C15H24ClN3.ClH/c1-10(2)15(12-4-6-14(16)7-5-12)17-8-13-9-18-19-11(13)3;/h4-7,10-11,13,15,17-19H,8-9H2,1-3H3;1H. The highest BCUT2D eigenvalue weighted by Crippen LogP contribution is 2.23. The van der Waals surface area contributed by atoms with Gasteiger partial charge < -0.3 is 5.32 Å². The normalized spacial score (nSPS) is 23.6. The molecule has 3 N–H and O–H groups in total. The van der Waals surface area contributed by atoms with E-state index in [1.54, 1.807) is 0 Å². The fourth-order valence-electron chi connectivity index (χ4n) is 2.58. The average Bonchev–Trinajstić information content (AvgIpc) is 2.77. The third kappa shape index (κ3) is 4.61. The van der Waals surface area contributed by atoms with Crippen LogP contribution in [0.1, 0.15) is 32.4 Å². The summed E-state index contributed by atoms with van der Waals surface area (Å²) in [6, 6.07) is 9.07. The van der Waals surface area contributed by atoms with Crippen LogP contribution in [0.3, 0.4) is 0 Å². The Morgan fingerprint density at radius 1 is 1.30 bits per heavy atom.